The Kier molecular flexibility index (Phi) is 10.4. The number of unbranched alkanes of at least 4 members (excludes halogenated alkanes) is 2. The monoisotopic (exact) mass is 627 g/mol. The van der Waals surface area contributed by atoms with Gasteiger partial charge < -0.3 is 35.1 Å². The molecule has 1 aliphatic carbocycles. The van der Waals surface area contributed by atoms with Gasteiger partial charge in [0.25, 0.3) is 0 Å². The van der Waals surface area contributed by atoms with Crippen LogP contribution in [0.5, 0.6) is 17.2 Å². The second kappa shape index (κ2) is 14.8. The molecule has 0 saturated heterocycles. The Morgan fingerprint density at radius 2 is 1.78 bits per heavy atom. The number of nitrogens with zero attached hydrogens (tertiary/aromatic N) is 1. The Morgan fingerprint density at radius 1 is 0.978 bits per heavy atom. The van der Waals surface area contributed by atoms with Crippen molar-refractivity contribution in [3.8, 4) is 28.4 Å². The molecule has 0 radical (unpaired) electrons. The molecule has 0 fully saturated rings. The lowest BCUT2D eigenvalue weighted by molar-refractivity contribution is -0.121. The predicted octanol–water partition coefficient (Wildman–Crippen LogP) is 5.03. The largest absolute Gasteiger partial charge is 0.493 e. The van der Waals surface area contributed by atoms with Crippen LogP contribution in [0.1, 0.15) is 62.0 Å². The summed E-state index contributed by atoms with van der Waals surface area (Å²) in [4.78, 5) is 45.7. The van der Waals surface area contributed by atoms with E-state index in [0.717, 1.165) is 52.8 Å². The van der Waals surface area contributed by atoms with E-state index in [9.17, 15) is 14.4 Å². The van der Waals surface area contributed by atoms with Gasteiger partial charge in [0.2, 0.25) is 23.0 Å². The van der Waals surface area contributed by atoms with Gasteiger partial charge in [-0.2, -0.15) is 0 Å². The molecule has 0 spiro atoms. The first kappa shape index (κ1) is 32.3. The maximum atomic E-state index is 13.5. The van der Waals surface area contributed by atoms with Crippen molar-refractivity contribution in [3.63, 3.8) is 0 Å². The topological polar surface area (TPSA) is 144 Å². The smallest absolute Gasteiger partial charge is 0.220 e. The van der Waals surface area contributed by atoms with Crippen molar-refractivity contribution < 1.29 is 23.8 Å². The zero-order valence-corrected chi connectivity index (χ0v) is 26.7. The van der Waals surface area contributed by atoms with Gasteiger partial charge in [0.1, 0.15) is 5.82 Å². The maximum absolute atomic E-state index is 13.5. The number of carbonyl (C=O) groups excluding carboxylic acids is 2. The third-order valence-corrected chi connectivity index (χ3v) is 8.20. The molecule has 11 nitrogen and oxygen atoms in total. The highest BCUT2D eigenvalue weighted by Crippen LogP contribution is 2.50. The highest BCUT2D eigenvalue weighted by atomic mass is 16.5. The Morgan fingerprint density at radius 3 is 2.52 bits per heavy atom. The molecule has 5 rings (SSSR count). The number of aryl methyl sites for hydroxylation is 1. The first-order valence-corrected chi connectivity index (χ1v) is 15.5. The van der Waals surface area contributed by atoms with E-state index in [1.165, 1.54) is 6.92 Å². The number of aromatic amines is 1. The van der Waals surface area contributed by atoms with Crippen molar-refractivity contribution in [1.29, 1.82) is 0 Å². The molecule has 46 heavy (non-hydrogen) atoms. The van der Waals surface area contributed by atoms with Crippen molar-refractivity contribution >= 4 is 28.5 Å². The van der Waals surface area contributed by atoms with E-state index in [0.29, 0.717) is 60.9 Å². The van der Waals surface area contributed by atoms with Crippen LogP contribution in [0.2, 0.25) is 0 Å². The number of imidazole rings is 1. The van der Waals surface area contributed by atoms with Crippen LogP contribution in [0, 0.1) is 0 Å². The number of hydrogen-bond donors (Lipinski definition) is 4. The summed E-state index contributed by atoms with van der Waals surface area (Å²) in [6.45, 7) is 2.41. The van der Waals surface area contributed by atoms with Crippen LogP contribution in [0.25, 0.3) is 22.2 Å². The Hall–Kier alpha value is -5.06. The molecule has 1 atom stereocenters. The molecule has 1 aromatic heterocycles. The van der Waals surface area contributed by atoms with Gasteiger partial charge in [-0.15, -0.1) is 0 Å². The van der Waals surface area contributed by atoms with E-state index in [1.54, 1.807) is 33.5 Å². The quantitative estimate of drug-likeness (QED) is 0.151. The van der Waals surface area contributed by atoms with Gasteiger partial charge in [-0.05, 0) is 72.7 Å². The summed E-state index contributed by atoms with van der Waals surface area (Å²) >= 11 is 0. The number of nitrogens with one attached hydrogen (secondary N) is 4. The fourth-order valence-electron chi connectivity index (χ4n) is 6.02. The van der Waals surface area contributed by atoms with Crippen LogP contribution in [-0.4, -0.2) is 49.7 Å². The van der Waals surface area contributed by atoms with Crippen molar-refractivity contribution in [3.05, 3.63) is 75.7 Å². The lowest BCUT2D eigenvalue weighted by Crippen LogP contribution is -2.26. The number of aromatic nitrogens is 2. The minimum absolute atomic E-state index is 0.0227. The van der Waals surface area contributed by atoms with E-state index in [4.69, 9.17) is 14.2 Å². The first-order chi connectivity index (χ1) is 22.3. The second-order valence-corrected chi connectivity index (χ2v) is 11.3. The summed E-state index contributed by atoms with van der Waals surface area (Å²) in [6.07, 6.45) is 3.99. The average molecular weight is 628 g/mol. The number of rotatable bonds is 13. The average Bonchev–Trinajstić information content (AvgIpc) is 3.33. The van der Waals surface area contributed by atoms with Gasteiger partial charge in [-0.25, -0.2) is 4.98 Å². The van der Waals surface area contributed by atoms with Crippen molar-refractivity contribution in [2.45, 2.75) is 58.0 Å². The number of methoxy groups -OCH3 is 3. The van der Waals surface area contributed by atoms with Crippen LogP contribution in [0.15, 0.2) is 53.3 Å². The summed E-state index contributed by atoms with van der Waals surface area (Å²) < 4.78 is 17.1. The summed E-state index contributed by atoms with van der Waals surface area (Å²) in [5, 5.41) is 9.23. The molecule has 1 aliphatic rings. The molecule has 4 aromatic rings. The standard InChI is InChI=1S/C35H41N5O6/c1-21(41)38-25-15-13-22-18-30(44-2)34(45-3)35(46-4)33(22)23-14-16-28(29(42)19-24(23)25)36-17-9-5-6-12-32(43)37-20-31-39-26-10-7-8-11-27(26)40-31/h7-8,10-11,14,16,18-19,25H,5-6,9,12-13,15,17,20H2,1-4H3,(H,36,42)(H,37,43)(H,38,41)(H,39,40)/t25-/m0/s1. The van der Waals surface area contributed by atoms with Crippen LogP contribution < -0.4 is 35.6 Å². The van der Waals surface area contributed by atoms with E-state index in [-0.39, 0.29) is 23.3 Å². The molecule has 2 amide bonds. The molecule has 3 aromatic carbocycles. The highest BCUT2D eigenvalue weighted by Gasteiger charge is 2.29. The second-order valence-electron chi connectivity index (χ2n) is 11.3. The zero-order valence-electron chi connectivity index (χ0n) is 26.7. The minimum Gasteiger partial charge on any atom is -0.493 e. The van der Waals surface area contributed by atoms with E-state index < -0.39 is 0 Å². The van der Waals surface area contributed by atoms with Gasteiger partial charge >= 0.3 is 0 Å². The Labute approximate surface area is 268 Å². The van der Waals surface area contributed by atoms with Crippen molar-refractivity contribution in [2.75, 3.05) is 33.2 Å². The summed E-state index contributed by atoms with van der Waals surface area (Å²) in [5.41, 5.74) is 5.38. The van der Waals surface area contributed by atoms with Crippen molar-refractivity contribution in [1.82, 2.24) is 20.6 Å². The van der Waals surface area contributed by atoms with Crippen LogP contribution in [-0.2, 0) is 22.6 Å². The number of para-hydroxylation sites is 2. The third kappa shape index (κ3) is 7.25. The minimum atomic E-state index is -0.368. The number of ether oxygens (including phenoxy) is 3. The number of fused-ring (bicyclic) bond motifs is 4. The predicted molar refractivity (Wildman–Crippen MR) is 178 cm³/mol. The summed E-state index contributed by atoms with van der Waals surface area (Å²) in [7, 11) is 4.71. The fraction of sp³-hybridized carbons (Fsp3) is 0.371. The number of carbonyl (C=O) groups is 2. The van der Waals surface area contributed by atoms with E-state index in [1.807, 2.05) is 36.4 Å². The molecule has 0 saturated carbocycles. The lowest BCUT2D eigenvalue weighted by Gasteiger charge is -2.19. The number of amides is 2. The van der Waals surface area contributed by atoms with Gasteiger partial charge in [-0.3, -0.25) is 14.4 Å². The molecule has 1 heterocycles. The Bertz CT molecular complexity index is 1750. The summed E-state index contributed by atoms with van der Waals surface area (Å²) in [6, 6.07) is 14.6. The van der Waals surface area contributed by atoms with Gasteiger partial charge in [-0.1, -0.05) is 24.6 Å². The third-order valence-electron chi connectivity index (χ3n) is 8.20. The molecule has 4 N–H and O–H groups in total. The maximum Gasteiger partial charge on any atom is 0.220 e. The first-order valence-electron chi connectivity index (χ1n) is 15.5. The van der Waals surface area contributed by atoms with Crippen LogP contribution in [0.3, 0.4) is 0 Å². The van der Waals surface area contributed by atoms with Crippen LogP contribution >= 0.6 is 0 Å². The molecular formula is C35H41N5O6. The molecular weight excluding hydrogens is 586 g/mol. The SMILES string of the molecule is COc1cc2c(c(OC)c1OC)-c1ccc(NCCCCCC(=O)NCc3nc4ccccc4[nH]3)c(=O)cc1[C@@H](NC(C)=O)CC2. The zero-order chi connectivity index (χ0) is 32.6. The Balaban J connectivity index is 1.24. The van der Waals surface area contributed by atoms with Crippen molar-refractivity contribution in [2.24, 2.45) is 0 Å². The van der Waals surface area contributed by atoms with Gasteiger partial charge in [0.05, 0.1) is 50.6 Å². The number of H-pyrrole nitrogens is 1. The molecule has 0 unspecified atom stereocenters. The van der Waals surface area contributed by atoms with E-state index in [2.05, 4.69) is 25.9 Å². The summed E-state index contributed by atoms with van der Waals surface area (Å²) in [5.74, 6) is 2.05. The lowest BCUT2D eigenvalue weighted by atomic mass is 9.95. The normalized spacial score (nSPS) is 13.6. The molecule has 11 heteroatoms. The van der Waals surface area contributed by atoms with Gasteiger partial charge in [0.15, 0.2) is 11.5 Å². The van der Waals surface area contributed by atoms with E-state index >= 15 is 0 Å². The molecule has 0 aliphatic heterocycles. The van der Waals surface area contributed by atoms with Crippen LogP contribution in [0.4, 0.5) is 5.69 Å². The number of benzene rings is 2. The fourth-order valence-corrected chi connectivity index (χ4v) is 6.02. The van der Waals surface area contributed by atoms with Gasteiger partial charge in [0, 0.05) is 25.5 Å². The number of hydrogen-bond acceptors (Lipinski definition) is 8. The highest BCUT2D eigenvalue weighted by molar-refractivity contribution is 5.84. The number of anilines is 1. The molecule has 242 valence electrons. The molecule has 0 bridgehead atoms.